The predicted molar refractivity (Wildman–Crippen MR) is 92.5 cm³/mol. The first-order valence-electron chi connectivity index (χ1n) is 7.26. The monoisotopic (exact) mass is 312 g/mol. The van der Waals surface area contributed by atoms with Crippen molar-refractivity contribution in [3.05, 3.63) is 59.1 Å². The molecule has 0 amide bonds. The second-order valence-corrected chi connectivity index (χ2v) is 5.30. The Bertz CT molecular complexity index is 788. The van der Waals surface area contributed by atoms with E-state index in [0.29, 0.717) is 12.5 Å². The highest BCUT2D eigenvalue weighted by atomic mass is 35.5. The lowest BCUT2D eigenvalue weighted by Crippen LogP contribution is -2.07. The van der Waals surface area contributed by atoms with Gasteiger partial charge in [0, 0.05) is 23.5 Å². The average molecular weight is 313 g/mol. The van der Waals surface area contributed by atoms with Crippen molar-refractivity contribution in [3.8, 4) is 0 Å². The van der Waals surface area contributed by atoms with Gasteiger partial charge in [-0.3, -0.25) is 0 Å². The molecule has 0 atom stereocenters. The molecule has 4 nitrogen and oxygen atoms in total. The van der Waals surface area contributed by atoms with Crippen LogP contribution in [0.15, 0.2) is 48.5 Å². The van der Waals surface area contributed by atoms with E-state index in [1.807, 2.05) is 55.5 Å². The Morgan fingerprint density at radius 1 is 0.955 bits per heavy atom. The Hall–Kier alpha value is -2.33. The van der Waals surface area contributed by atoms with Crippen molar-refractivity contribution in [3.63, 3.8) is 0 Å². The Kier molecular flexibility index (Phi) is 4.39. The summed E-state index contributed by atoms with van der Waals surface area (Å²) in [7, 11) is 0. The van der Waals surface area contributed by atoms with E-state index >= 15 is 0 Å². The summed E-state index contributed by atoms with van der Waals surface area (Å²) >= 11 is 6.17. The fraction of sp³-hybridized carbons (Fsp3) is 0.176. The fourth-order valence-electron chi connectivity index (χ4n) is 2.27. The number of fused-ring (bicyclic) bond motifs is 1. The van der Waals surface area contributed by atoms with Gasteiger partial charge in [-0.05, 0) is 30.7 Å². The lowest BCUT2D eigenvalue weighted by Gasteiger charge is -2.11. The summed E-state index contributed by atoms with van der Waals surface area (Å²) in [6.45, 7) is 3.45. The van der Waals surface area contributed by atoms with Gasteiger partial charge >= 0.3 is 0 Å². The SMILES string of the molecule is CCNc1nc(NCc2ccccc2Cl)nc2ccccc12. The van der Waals surface area contributed by atoms with E-state index in [2.05, 4.69) is 20.6 Å². The van der Waals surface area contributed by atoms with Crippen LogP contribution in [0.1, 0.15) is 12.5 Å². The first-order chi connectivity index (χ1) is 10.8. The number of hydrogen-bond donors (Lipinski definition) is 2. The summed E-state index contributed by atoms with van der Waals surface area (Å²) in [5.74, 6) is 1.43. The Labute approximate surface area is 134 Å². The van der Waals surface area contributed by atoms with E-state index in [1.54, 1.807) is 0 Å². The number of aromatic nitrogens is 2. The first-order valence-corrected chi connectivity index (χ1v) is 7.63. The van der Waals surface area contributed by atoms with Crippen LogP contribution >= 0.6 is 11.6 Å². The molecular formula is C17H17ClN4. The number of halogens is 1. The summed E-state index contributed by atoms with van der Waals surface area (Å²) < 4.78 is 0. The molecule has 0 bridgehead atoms. The van der Waals surface area contributed by atoms with Crippen LogP contribution in [-0.4, -0.2) is 16.5 Å². The highest BCUT2D eigenvalue weighted by Gasteiger charge is 2.07. The maximum atomic E-state index is 6.17. The first kappa shape index (κ1) is 14.6. The zero-order valence-corrected chi connectivity index (χ0v) is 13.1. The Balaban J connectivity index is 1.89. The van der Waals surface area contributed by atoms with Crippen molar-refractivity contribution in [2.24, 2.45) is 0 Å². The molecule has 5 heteroatoms. The van der Waals surface area contributed by atoms with Gasteiger partial charge in [0.25, 0.3) is 0 Å². The number of nitrogens with one attached hydrogen (secondary N) is 2. The van der Waals surface area contributed by atoms with Crippen LogP contribution in [0, 0.1) is 0 Å². The van der Waals surface area contributed by atoms with Gasteiger partial charge in [-0.1, -0.05) is 41.9 Å². The molecule has 3 aromatic rings. The highest BCUT2D eigenvalue weighted by molar-refractivity contribution is 6.31. The standard InChI is InChI=1S/C17H17ClN4/c1-2-19-16-13-8-4-6-10-15(13)21-17(22-16)20-11-12-7-3-5-9-14(12)18/h3-10H,2,11H2,1H3,(H2,19,20,21,22). The number of benzene rings is 2. The summed E-state index contributed by atoms with van der Waals surface area (Å²) in [5, 5.41) is 8.29. The molecule has 1 aromatic heterocycles. The van der Waals surface area contributed by atoms with E-state index < -0.39 is 0 Å². The molecule has 0 fully saturated rings. The molecule has 22 heavy (non-hydrogen) atoms. The minimum Gasteiger partial charge on any atom is -0.370 e. The van der Waals surface area contributed by atoms with Crippen molar-refractivity contribution in [2.75, 3.05) is 17.2 Å². The largest absolute Gasteiger partial charge is 0.370 e. The van der Waals surface area contributed by atoms with Crippen molar-refractivity contribution >= 4 is 34.3 Å². The average Bonchev–Trinajstić information content (AvgIpc) is 2.54. The van der Waals surface area contributed by atoms with Gasteiger partial charge in [-0.15, -0.1) is 0 Å². The molecule has 0 spiro atoms. The van der Waals surface area contributed by atoms with Crippen LogP contribution < -0.4 is 10.6 Å². The predicted octanol–water partition coefficient (Wildman–Crippen LogP) is 4.33. The van der Waals surface area contributed by atoms with Crippen molar-refractivity contribution < 1.29 is 0 Å². The number of nitrogens with zero attached hydrogens (tertiary/aromatic N) is 2. The second kappa shape index (κ2) is 6.62. The van der Waals surface area contributed by atoms with Crippen molar-refractivity contribution in [1.82, 2.24) is 9.97 Å². The molecule has 0 aliphatic rings. The summed E-state index contributed by atoms with van der Waals surface area (Å²) in [4.78, 5) is 9.12. The molecule has 1 heterocycles. The van der Waals surface area contributed by atoms with Gasteiger partial charge in [0.2, 0.25) is 5.95 Å². The van der Waals surface area contributed by atoms with Gasteiger partial charge in [-0.25, -0.2) is 4.98 Å². The quantitative estimate of drug-likeness (QED) is 0.736. The lowest BCUT2D eigenvalue weighted by atomic mass is 10.2. The lowest BCUT2D eigenvalue weighted by molar-refractivity contribution is 1.06. The van der Waals surface area contributed by atoms with E-state index in [0.717, 1.165) is 33.9 Å². The highest BCUT2D eigenvalue weighted by Crippen LogP contribution is 2.22. The van der Waals surface area contributed by atoms with E-state index in [4.69, 9.17) is 11.6 Å². The maximum absolute atomic E-state index is 6.17. The third-order valence-electron chi connectivity index (χ3n) is 3.34. The van der Waals surface area contributed by atoms with Crippen LogP contribution in [-0.2, 0) is 6.54 Å². The topological polar surface area (TPSA) is 49.8 Å². The molecule has 0 aliphatic carbocycles. The molecule has 2 aromatic carbocycles. The molecule has 3 rings (SSSR count). The number of anilines is 2. The molecule has 0 saturated carbocycles. The molecule has 112 valence electrons. The number of para-hydroxylation sites is 1. The van der Waals surface area contributed by atoms with Gasteiger partial charge < -0.3 is 10.6 Å². The minimum atomic E-state index is 0.587. The van der Waals surface area contributed by atoms with Crippen LogP contribution in [0.25, 0.3) is 10.9 Å². The third kappa shape index (κ3) is 3.12. The zero-order valence-electron chi connectivity index (χ0n) is 12.3. The van der Waals surface area contributed by atoms with Crippen molar-refractivity contribution in [1.29, 1.82) is 0 Å². The Morgan fingerprint density at radius 3 is 2.55 bits per heavy atom. The molecule has 0 aliphatic heterocycles. The number of hydrogen-bond acceptors (Lipinski definition) is 4. The second-order valence-electron chi connectivity index (χ2n) is 4.89. The zero-order chi connectivity index (χ0) is 15.4. The van der Waals surface area contributed by atoms with E-state index in [1.165, 1.54) is 0 Å². The Morgan fingerprint density at radius 2 is 1.73 bits per heavy atom. The summed E-state index contributed by atoms with van der Waals surface area (Å²) in [6.07, 6.45) is 0. The van der Waals surface area contributed by atoms with Crippen molar-refractivity contribution in [2.45, 2.75) is 13.5 Å². The summed E-state index contributed by atoms with van der Waals surface area (Å²) in [5.41, 5.74) is 1.93. The molecule has 2 N–H and O–H groups in total. The van der Waals surface area contributed by atoms with Gasteiger partial charge in [0.05, 0.1) is 5.52 Å². The summed E-state index contributed by atoms with van der Waals surface area (Å²) in [6, 6.07) is 15.7. The molecule has 0 saturated heterocycles. The molecule has 0 radical (unpaired) electrons. The van der Waals surface area contributed by atoms with Gasteiger partial charge in [0.1, 0.15) is 5.82 Å². The maximum Gasteiger partial charge on any atom is 0.225 e. The minimum absolute atomic E-state index is 0.587. The van der Waals surface area contributed by atoms with E-state index in [-0.39, 0.29) is 0 Å². The van der Waals surface area contributed by atoms with Crippen LogP contribution in [0.3, 0.4) is 0 Å². The third-order valence-corrected chi connectivity index (χ3v) is 3.71. The fourth-order valence-corrected chi connectivity index (χ4v) is 2.48. The number of rotatable bonds is 5. The van der Waals surface area contributed by atoms with Crippen LogP contribution in [0.4, 0.5) is 11.8 Å². The van der Waals surface area contributed by atoms with Crippen LogP contribution in [0.5, 0.6) is 0 Å². The van der Waals surface area contributed by atoms with E-state index in [9.17, 15) is 0 Å². The van der Waals surface area contributed by atoms with Crippen LogP contribution in [0.2, 0.25) is 5.02 Å². The van der Waals surface area contributed by atoms with Gasteiger partial charge in [-0.2, -0.15) is 4.98 Å². The van der Waals surface area contributed by atoms with Gasteiger partial charge in [0.15, 0.2) is 0 Å². The smallest absolute Gasteiger partial charge is 0.225 e. The normalized spacial score (nSPS) is 10.6. The molecule has 0 unspecified atom stereocenters. The molecular weight excluding hydrogens is 296 g/mol.